The van der Waals surface area contributed by atoms with Crippen molar-refractivity contribution in [3.8, 4) is 44.8 Å². The van der Waals surface area contributed by atoms with E-state index in [2.05, 4.69) is 200 Å². The highest BCUT2D eigenvalue weighted by atomic mass is 16.4. The van der Waals surface area contributed by atoms with Crippen LogP contribution in [-0.4, -0.2) is 27.1 Å². The van der Waals surface area contributed by atoms with Gasteiger partial charge in [-0.05, 0) is 134 Å². The van der Waals surface area contributed by atoms with Crippen LogP contribution in [0.5, 0.6) is 0 Å². The second kappa shape index (κ2) is 18.2. The van der Waals surface area contributed by atoms with Gasteiger partial charge in [0.15, 0.2) is 0 Å². The van der Waals surface area contributed by atoms with Crippen LogP contribution in [0, 0.1) is 0 Å². The van der Waals surface area contributed by atoms with E-state index >= 15 is 0 Å². The van der Waals surface area contributed by atoms with Crippen LogP contribution >= 0.6 is 0 Å². The van der Waals surface area contributed by atoms with Gasteiger partial charge in [0.25, 0.3) is 0 Å². The van der Waals surface area contributed by atoms with Crippen molar-refractivity contribution in [2.75, 3.05) is 0 Å². The predicted molar refractivity (Wildman–Crippen MR) is 318 cm³/mol. The lowest BCUT2D eigenvalue weighted by Crippen LogP contribution is -2.30. The monoisotopic (exact) mass is 956 g/mol. The van der Waals surface area contributed by atoms with Crippen LogP contribution < -0.4 is 5.46 Å². The van der Waals surface area contributed by atoms with Gasteiger partial charge in [-0.25, -0.2) is 9.97 Å². The summed E-state index contributed by atoms with van der Waals surface area (Å²) in [7, 11) is -1.44. The number of fused-ring (bicyclic) bond motifs is 13. The van der Waals surface area contributed by atoms with E-state index in [-0.39, 0.29) is 0 Å². The summed E-state index contributed by atoms with van der Waals surface area (Å²) < 4.78 is 0. The third-order valence-electron chi connectivity index (χ3n) is 15.1. The highest BCUT2D eigenvalue weighted by Crippen LogP contribution is 2.45. The van der Waals surface area contributed by atoms with Crippen molar-refractivity contribution in [2.45, 2.75) is 0 Å². The third kappa shape index (κ3) is 7.64. The topological polar surface area (TPSA) is 66.2 Å². The van der Waals surface area contributed by atoms with E-state index < -0.39 is 7.12 Å². The van der Waals surface area contributed by atoms with Gasteiger partial charge in [0.2, 0.25) is 0 Å². The van der Waals surface area contributed by atoms with E-state index in [1.807, 2.05) is 60.7 Å². The lowest BCUT2D eigenvalue weighted by Gasteiger charge is -2.18. The summed E-state index contributed by atoms with van der Waals surface area (Å²) in [5.41, 5.74) is 11.4. The Labute approximate surface area is 433 Å². The van der Waals surface area contributed by atoms with E-state index in [9.17, 15) is 10.0 Å². The standard InChI is InChI=1S/C56H34N2.C14H11BO2/c1-4-16-40-38(14-1)31-49(44-20-8-6-18-42(40)44)50-34-55(51-32-39-15-2-5-17-41(39)43-19-7-9-21-45(43)51)58-56-47-23-11-10-22-46(47)48(33-52(50)56)35-25-27-37(28-26-35)54-30-29-36-13-3-12-24-53(36)57-54;16-15(17)14-9-10-5-1-2-6-11(10)12-7-3-4-8-13(12)14/h1-34H;1-9,16-17H. The highest BCUT2D eigenvalue weighted by molar-refractivity contribution is 6.62. The van der Waals surface area contributed by atoms with Crippen LogP contribution in [0.1, 0.15) is 0 Å². The molecule has 15 aromatic rings. The molecular weight excluding hydrogens is 912 g/mol. The number of pyridine rings is 2. The largest absolute Gasteiger partial charge is 0.489 e. The molecule has 0 aliphatic carbocycles. The SMILES string of the molecule is OB(O)c1cc2ccccc2c2ccccc12.c1ccc2nc(-c3ccc(-c4cc5c(-c6cc7ccccc7c7ccccc67)cc(-c6cc7ccccc7c7ccccc67)nc5c5ccccc45)cc3)ccc2c1. The summed E-state index contributed by atoms with van der Waals surface area (Å²) in [6.07, 6.45) is 0. The number of aromatic nitrogens is 2. The molecule has 0 fully saturated rings. The molecule has 15 rings (SSSR count). The molecule has 75 heavy (non-hydrogen) atoms. The number of benzene rings is 13. The molecule has 0 aliphatic rings. The van der Waals surface area contributed by atoms with Crippen LogP contribution in [0.25, 0.3) is 142 Å². The Bertz CT molecular complexity index is 4760. The van der Waals surface area contributed by atoms with Crippen molar-refractivity contribution < 1.29 is 10.0 Å². The Morgan fingerprint density at radius 2 is 0.680 bits per heavy atom. The zero-order valence-corrected chi connectivity index (χ0v) is 40.7. The fourth-order valence-corrected chi connectivity index (χ4v) is 11.5. The van der Waals surface area contributed by atoms with E-state index in [1.165, 1.54) is 65.2 Å². The molecule has 4 nitrogen and oxygen atoms in total. The molecule has 13 aromatic carbocycles. The Balaban J connectivity index is 0.000000257. The summed E-state index contributed by atoms with van der Waals surface area (Å²) in [4.78, 5) is 10.7. The first-order valence-electron chi connectivity index (χ1n) is 25.4. The van der Waals surface area contributed by atoms with Crippen molar-refractivity contribution in [3.63, 3.8) is 0 Å². The third-order valence-corrected chi connectivity index (χ3v) is 15.1. The first-order chi connectivity index (χ1) is 37.0. The molecule has 0 aliphatic heterocycles. The molecule has 2 aromatic heterocycles. The maximum absolute atomic E-state index is 9.44. The van der Waals surface area contributed by atoms with Crippen molar-refractivity contribution >= 4 is 110 Å². The maximum Gasteiger partial charge on any atom is 0.489 e. The first kappa shape index (κ1) is 44.2. The molecular formula is C70H45BN2O2. The molecule has 350 valence electrons. The van der Waals surface area contributed by atoms with Crippen molar-refractivity contribution in [1.82, 2.24) is 9.97 Å². The smallest absolute Gasteiger partial charge is 0.423 e. The Morgan fingerprint density at radius 1 is 0.253 bits per heavy atom. The van der Waals surface area contributed by atoms with E-state index in [1.54, 1.807) is 0 Å². The predicted octanol–water partition coefficient (Wildman–Crippen LogP) is 16.9. The zero-order chi connectivity index (χ0) is 50.0. The summed E-state index contributed by atoms with van der Waals surface area (Å²) >= 11 is 0. The number of hydrogen-bond acceptors (Lipinski definition) is 4. The Hall–Kier alpha value is -9.52. The molecule has 0 radical (unpaired) electrons. The van der Waals surface area contributed by atoms with Crippen LogP contribution in [0.15, 0.2) is 261 Å². The summed E-state index contributed by atoms with van der Waals surface area (Å²) in [5, 5.41) is 37.4. The fraction of sp³-hybridized carbons (Fsp3) is 0. The molecule has 0 bridgehead atoms. The molecule has 0 saturated heterocycles. The van der Waals surface area contributed by atoms with Gasteiger partial charge in [-0.1, -0.05) is 224 Å². The fourth-order valence-electron chi connectivity index (χ4n) is 11.5. The van der Waals surface area contributed by atoms with E-state index in [0.717, 1.165) is 76.8 Å². The lowest BCUT2D eigenvalue weighted by molar-refractivity contribution is 0.426. The van der Waals surface area contributed by atoms with E-state index in [4.69, 9.17) is 9.97 Å². The number of hydrogen-bond donors (Lipinski definition) is 2. The van der Waals surface area contributed by atoms with Crippen LogP contribution in [0.4, 0.5) is 0 Å². The first-order valence-corrected chi connectivity index (χ1v) is 25.4. The lowest BCUT2D eigenvalue weighted by atomic mass is 9.76. The summed E-state index contributed by atoms with van der Waals surface area (Å²) in [6, 6.07) is 92.3. The highest BCUT2D eigenvalue weighted by Gasteiger charge is 2.21. The number of rotatable bonds is 5. The van der Waals surface area contributed by atoms with Gasteiger partial charge in [0.1, 0.15) is 0 Å². The van der Waals surface area contributed by atoms with Gasteiger partial charge in [-0.3, -0.25) is 0 Å². The quantitative estimate of drug-likeness (QED) is 0.133. The zero-order valence-electron chi connectivity index (χ0n) is 40.7. The van der Waals surface area contributed by atoms with Crippen LogP contribution in [0.2, 0.25) is 0 Å². The van der Waals surface area contributed by atoms with Crippen molar-refractivity contribution in [3.05, 3.63) is 261 Å². The van der Waals surface area contributed by atoms with Gasteiger partial charge < -0.3 is 10.0 Å². The molecule has 2 heterocycles. The van der Waals surface area contributed by atoms with Crippen molar-refractivity contribution in [1.29, 1.82) is 0 Å². The number of para-hydroxylation sites is 1. The van der Waals surface area contributed by atoms with Crippen LogP contribution in [-0.2, 0) is 0 Å². The average Bonchev–Trinajstić information content (AvgIpc) is 3.49. The molecule has 0 saturated carbocycles. The Kier molecular flexibility index (Phi) is 10.7. The van der Waals surface area contributed by atoms with Crippen LogP contribution in [0.3, 0.4) is 0 Å². The van der Waals surface area contributed by atoms with Gasteiger partial charge in [-0.15, -0.1) is 0 Å². The minimum absolute atomic E-state index is 0.555. The normalized spacial score (nSPS) is 11.6. The molecule has 0 amide bonds. The van der Waals surface area contributed by atoms with E-state index in [0.29, 0.717) is 5.46 Å². The average molecular weight is 957 g/mol. The minimum Gasteiger partial charge on any atom is -0.423 e. The molecule has 0 unspecified atom stereocenters. The molecule has 0 spiro atoms. The van der Waals surface area contributed by atoms with Gasteiger partial charge >= 0.3 is 7.12 Å². The second-order valence-electron chi connectivity index (χ2n) is 19.4. The molecule has 0 atom stereocenters. The molecule has 5 heteroatoms. The Morgan fingerprint density at radius 3 is 1.28 bits per heavy atom. The summed E-state index contributed by atoms with van der Waals surface area (Å²) in [5.74, 6) is 0. The number of nitrogens with zero attached hydrogens (tertiary/aromatic N) is 2. The minimum atomic E-state index is -1.44. The second-order valence-corrected chi connectivity index (χ2v) is 19.4. The maximum atomic E-state index is 9.44. The van der Waals surface area contributed by atoms with Gasteiger partial charge in [0, 0.05) is 27.3 Å². The van der Waals surface area contributed by atoms with Crippen molar-refractivity contribution in [2.24, 2.45) is 0 Å². The molecule has 2 N–H and O–H groups in total. The van der Waals surface area contributed by atoms with Gasteiger partial charge in [-0.2, -0.15) is 0 Å². The van der Waals surface area contributed by atoms with Gasteiger partial charge in [0.05, 0.1) is 22.4 Å². The summed E-state index contributed by atoms with van der Waals surface area (Å²) in [6.45, 7) is 0.